The Labute approximate surface area is 223 Å². The molecule has 0 aliphatic carbocycles. The minimum atomic E-state index is -1.09. The molecule has 0 aliphatic heterocycles. The van der Waals surface area contributed by atoms with Crippen LogP contribution in [0.25, 0.3) is 0 Å². The molecule has 10 nitrogen and oxygen atoms in total. The molecule has 3 amide bonds. The number of hydrogen-bond donors (Lipinski definition) is 2. The van der Waals surface area contributed by atoms with Crippen molar-refractivity contribution in [3.05, 3.63) is 84.2 Å². The number of nitrogens with zero attached hydrogens (tertiary/aromatic N) is 5. The second kappa shape index (κ2) is 14.6. The van der Waals surface area contributed by atoms with Crippen LogP contribution in [0.2, 0.25) is 0 Å². The van der Waals surface area contributed by atoms with Gasteiger partial charge in [0, 0.05) is 12.6 Å². The lowest BCUT2D eigenvalue weighted by Crippen LogP contribution is -2.59. The predicted molar refractivity (Wildman–Crippen MR) is 141 cm³/mol. The second-order valence-corrected chi connectivity index (χ2v) is 9.58. The van der Waals surface area contributed by atoms with Crippen LogP contribution in [0.4, 0.5) is 0 Å². The molecule has 0 spiro atoms. The van der Waals surface area contributed by atoms with Crippen molar-refractivity contribution in [1.29, 1.82) is 0 Å². The Balaban J connectivity index is 1.96. The predicted octanol–water partition coefficient (Wildman–Crippen LogP) is 3.38. The van der Waals surface area contributed by atoms with E-state index in [9.17, 15) is 19.6 Å². The van der Waals surface area contributed by atoms with Gasteiger partial charge in [-0.25, -0.2) is 20.2 Å². The van der Waals surface area contributed by atoms with Crippen molar-refractivity contribution < 1.29 is 19.6 Å². The molecule has 3 rings (SSSR count). The molecule has 2 aromatic carbocycles. The van der Waals surface area contributed by atoms with Crippen LogP contribution in [-0.4, -0.2) is 54.0 Å². The van der Waals surface area contributed by atoms with Gasteiger partial charge in [0.05, 0.1) is 12.7 Å². The summed E-state index contributed by atoms with van der Waals surface area (Å²) in [4.78, 5) is 40.4. The Bertz CT molecular complexity index is 1140. The first kappa shape index (κ1) is 28.5. The molecule has 3 aromatic rings. The van der Waals surface area contributed by atoms with E-state index in [0.717, 1.165) is 11.1 Å². The third kappa shape index (κ3) is 8.52. The van der Waals surface area contributed by atoms with Gasteiger partial charge < -0.3 is 0 Å². The number of aryl methyl sites for hydroxylation is 1. The van der Waals surface area contributed by atoms with Gasteiger partial charge in [-0.15, -0.1) is 5.10 Å². The zero-order valence-corrected chi connectivity index (χ0v) is 21.9. The maximum absolute atomic E-state index is 13.7. The quantitative estimate of drug-likeness (QED) is 0.263. The van der Waals surface area contributed by atoms with Gasteiger partial charge in [0.2, 0.25) is 5.91 Å². The van der Waals surface area contributed by atoms with Crippen molar-refractivity contribution >= 4 is 17.7 Å². The van der Waals surface area contributed by atoms with Gasteiger partial charge in [-0.3, -0.25) is 19.6 Å². The van der Waals surface area contributed by atoms with Gasteiger partial charge in [0.25, 0.3) is 11.8 Å². The molecular weight excluding hydrogens is 484 g/mol. The maximum atomic E-state index is 13.7. The van der Waals surface area contributed by atoms with Crippen LogP contribution in [0.3, 0.4) is 0 Å². The number of hydrazine groups is 1. The normalized spacial score (nSPS) is 11.7. The Kier molecular flexibility index (Phi) is 11.0. The average molecular weight is 521 g/mol. The minimum Gasteiger partial charge on any atom is -0.289 e. The number of benzene rings is 2. The minimum absolute atomic E-state index is 0.0652. The van der Waals surface area contributed by atoms with Gasteiger partial charge in [-0.1, -0.05) is 79.7 Å². The van der Waals surface area contributed by atoms with Crippen molar-refractivity contribution in [2.24, 2.45) is 5.92 Å². The molecule has 1 aromatic heterocycles. The van der Waals surface area contributed by atoms with Gasteiger partial charge in [-0.05, 0) is 42.7 Å². The fraction of sp³-hybridized carbons (Fsp3) is 0.393. The van der Waals surface area contributed by atoms with Crippen molar-refractivity contribution in [1.82, 2.24) is 30.5 Å². The molecule has 1 atom stereocenters. The highest BCUT2D eigenvalue weighted by Crippen LogP contribution is 2.20. The third-order valence-electron chi connectivity index (χ3n) is 6.18. The lowest BCUT2D eigenvalue weighted by atomic mass is 10.0. The summed E-state index contributed by atoms with van der Waals surface area (Å²) in [6.07, 6.45) is 5.24. The Hall–Kier alpha value is -4.05. The first-order valence-electron chi connectivity index (χ1n) is 12.9. The van der Waals surface area contributed by atoms with Crippen molar-refractivity contribution in [2.75, 3.05) is 0 Å². The summed E-state index contributed by atoms with van der Waals surface area (Å²) in [5, 5.41) is 19.8. The van der Waals surface area contributed by atoms with E-state index < -0.39 is 17.9 Å². The summed E-state index contributed by atoms with van der Waals surface area (Å²) in [5.41, 5.74) is 3.60. The SMILES string of the molecule is CC(C)CCC(=O)N([C@@H](CCCc1ccccc1)C(=O)NO)N(Cc1ccccc1)C(=O)Cn1ccnn1. The molecule has 0 unspecified atom stereocenters. The van der Waals surface area contributed by atoms with E-state index in [1.54, 1.807) is 11.7 Å². The number of nitrogens with one attached hydrogen (secondary N) is 1. The second-order valence-electron chi connectivity index (χ2n) is 9.58. The number of carbonyl (C=O) groups excluding carboxylic acids is 3. The first-order chi connectivity index (χ1) is 18.4. The van der Waals surface area contributed by atoms with E-state index in [-0.39, 0.29) is 37.8 Å². The maximum Gasteiger partial charge on any atom is 0.268 e. The number of hydroxylamine groups is 1. The molecule has 202 valence electrons. The van der Waals surface area contributed by atoms with Crippen LogP contribution in [0.15, 0.2) is 73.1 Å². The van der Waals surface area contributed by atoms with Crippen LogP contribution >= 0.6 is 0 Å². The zero-order chi connectivity index (χ0) is 27.3. The summed E-state index contributed by atoms with van der Waals surface area (Å²) in [6.45, 7) is 3.91. The fourth-order valence-electron chi connectivity index (χ4n) is 4.16. The van der Waals surface area contributed by atoms with Gasteiger partial charge in [0.1, 0.15) is 12.6 Å². The van der Waals surface area contributed by atoms with Crippen molar-refractivity contribution in [3.8, 4) is 0 Å². The Morgan fingerprint density at radius 1 is 0.947 bits per heavy atom. The van der Waals surface area contributed by atoms with Crippen LogP contribution in [0.1, 0.15) is 50.7 Å². The van der Waals surface area contributed by atoms with E-state index in [4.69, 9.17) is 0 Å². The number of aromatic nitrogens is 3. The summed E-state index contributed by atoms with van der Waals surface area (Å²) in [5.74, 6) is -1.30. The Morgan fingerprint density at radius 2 is 1.61 bits per heavy atom. The highest BCUT2D eigenvalue weighted by atomic mass is 16.5. The van der Waals surface area contributed by atoms with E-state index in [2.05, 4.69) is 10.3 Å². The molecule has 38 heavy (non-hydrogen) atoms. The fourth-order valence-corrected chi connectivity index (χ4v) is 4.16. The number of hydrogen-bond acceptors (Lipinski definition) is 6. The van der Waals surface area contributed by atoms with E-state index >= 15 is 0 Å². The van der Waals surface area contributed by atoms with Crippen molar-refractivity contribution in [2.45, 2.75) is 65.1 Å². The molecule has 2 N–H and O–H groups in total. The molecule has 0 fully saturated rings. The molecular formula is C28H36N6O4. The number of rotatable bonds is 13. The highest BCUT2D eigenvalue weighted by molar-refractivity contribution is 5.89. The zero-order valence-electron chi connectivity index (χ0n) is 21.9. The summed E-state index contributed by atoms with van der Waals surface area (Å²) in [7, 11) is 0. The summed E-state index contributed by atoms with van der Waals surface area (Å²) in [6, 6.07) is 18.0. The number of amides is 3. The Morgan fingerprint density at radius 3 is 2.18 bits per heavy atom. The van der Waals surface area contributed by atoms with Crippen LogP contribution < -0.4 is 5.48 Å². The topological polar surface area (TPSA) is 121 Å². The van der Waals surface area contributed by atoms with Gasteiger partial charge in [-0.2, -0.15) is 0 Å². The molecule has 0 bridgehead atoms. The molecule has 1 heterocycles. The summed E-state index contributed by atoms with van der Waals surface area (Å²) >= 11 is 0. The van der Waals surface area contributed by atoms with Crippen LogP contribution in [0.5, 0.6) is 0 Å². The monoisotopic (exact) mass is 520 g/mol. The number of carbonyl (C=O) groups is 3. The average Bonchev–Trinajstić information content (AvgIpc) is 3.44. The summed E-state index contributed by atoms with van der Waals surface area (Å²) < 4.78 is 1.37. The van der Waals surface area contributed by atoms with Gasteiger partial charge >= 0.3 is 0 Å². The molecule has 10 heteroatoms. The van der Waals surface area contributed by atoms with Crippen LogP contribution in [-0.2, 0) is 33.9 Å². The van der Waals surface area contributed by atoms with Crippen molar-refractivity contribution in [3.63, 3.8) is 0 Å². The van der Waals surface area contributed by atoms with Crippen LogP contribution in [0, 0.1) is 5.92 Å². The highest BCUT2D eigenvalue weighted by Gasteiger charge is 2.36. The van der Waals surface area contributed by atoms with E-state index in [0.29, 0.717) is 19.3 Å². The first-order valence-corrected chi connectivity index (χ1v) is 12.9. The van der Waals surface area contributed by atoms with Gasteiger partial charge in [0.15, 0.2) is 0 Å². The smallest absolute Gasteiger partial charge is 0.268 e. The molecule has 0 saturated heterocycles. The standard InChI is InChI=1S/C28H36N6O4/c1-22(2)16-17-26(35)34(25(28(37)30-38)15-9-14-23-10-5-3-6-11-23)33(20-24-12-7-4-8-13-24)27(36)21-32-19-18-29-31-32/h3-8,10-13,18-19,22,25,38H,9,14-17,20-21H2,1-2H3,(H,30,37)/t25-/m0/s1. The molecule has 0 saturated carbocycles. The lowest BCUT2D eigenvalue weighted by Gasteiger charge is -2.39. The third-order valence-corrected chi connectivity index (χ3v) is 6.18. The molecule has 0 aliphatic rings. The largest absolute Gasteiger partial charge is 0.289 e. The van der Waals surface area contributed by atoms with E-state index in [1.165, 1.54) is 20.9 Å². The molecule has 0 radical (unpaired) electrons. The van der Waals surface area contributed by atoms with E-state index in [1.807, 2.05) is 74.5 Å². The lowest BCUT2D eigenvalue weighted by molar-refractivity contribution is -0.176.